The van der Waals surface area contributed by atoms with Gasteiger partial charge in [0.25, 0.3) is 5.65 Å². The van der Waals surface area contributed by atoms with Gasteiger partial charge in [-0.1, -0.05) is 18.2 Å². The molecule has 1 aliphatic heterocycles. The van der Waals surface area contributed by atoms with E-state index in [1.807, 2.05) is 35.2 Å². The monoisotopic (exact) mass is 324 g/mol. The van der Waals surface area contributed by atoms with Gasteiger partial charge in [0.1, 0.15) is 11.2 Å². The van der Waals surface area contributed by atoms with E-state index in [4.69, 9.17) is 0 Å². The minimum atomic E-state index is 0.839. The lowest BCUT2D eigenvalue weighted by Gasteiger charge is -2.03. The van der Waals surface area contributed by atoms with Crippen LogP contribution in [0.3, 0.4) is 0 Å². The maximum absolute atomic E-state index is 4.58. The first-order valence-electron chi connectivity index (χ1n) is 8.31. The first kappa shape index (κ1) is 12.9. The molecule has 118 valence electrons. The second-order valence-electron chi connectivity index (χ2n) is 6.33. The van der Waals surface area contributed by atoms with E-state index in [1.165, 1.54) is 17.0 Å². The number of fused-ring (bicyclic) bond motifs is 7. The molecule has 1 aliphatic rings. The highest BCUT2D eigenvalue weighted by molar-refractivity contribution is 5.84. The smallest absolute Gasteiger partial charge is 0.264 e. The topological polar surface area (TPSA) is 39.0 Å². The third kappa shape index (κ3) is 1.59. The van der Waals surface area contributed by atoms with Crippen LogP contribution in [0.4, 0.5) is 0 Å². The number of hydrogen-bond acceptors (Lipinski definition) is 2. The second kappa shape index (κ2) is 4.54. The van der Waals surface area contributed by atoms with Gasteiger partial charge in [0, 0.05) is 24.0 Å². The van der Waals surface area contributed by atoms with Gasteiger partial charge in [-0.3, -0.25) is 4.98 Å². The van der Waals surface area contributed by atoms with Gasteiger partial charge in [0.05, 0.1) is 18.3 Å². The molecular formula is C20H14N5+. The third-order valence-electron chi connectivity index (χ3n) is 4.95. The fourth-order valence-corrected chi connectivity index (χ4v) is 3.92. The summed E-state index contributed by atoms with van der Waals surface area (Å²) in [7, 11) is 0. The second-order valence-corrected chi connectivity index (χ2v) is 6.33. The average molecular weight is 324 g/mol. The predicted octanol–water partition coefficient (Wildman–Crippen LogP) is 2.99. The SMILES string of the molecule is c1ccc(-n2c3[n+](c4c2cc2cccnn24)Cc2ccncc2-3)cc1. The van der Waals surface area contributed by atoms with Crippen LogP contribution in [0.2, 0.25) is 0 Å². The van der Waals surface area contributed by atoms with Gasteiger partial charge in [0.15, 0.2) is 5.52 Å². The van der Waals surface area contributed by atoms with Crippen LogP contribution in [0, 0.1) is 0 Å². The molecule has 0 saturated heterocycles. The quantitative estimate of drug-likeness (QED) is 0.436. The molecule has 0 bridgehead atoms. The van der Waals surface area contributed by atoms with Gasteiger partial charge in [-0.15, -0.1) is 9.61 Å². The van der Waals surface area contributed by atoms with Crippen LogP contribution in [0.15, 0.2) is 73.2 Å². The Hall–Kier alpha value is -3.47. The van der Waals surface area contributed by atoms with Crippen molar-refractivity contribution in [2.75, 3.05) is 0 Å². The van der Waals surface area contributed by atoms with Crippen molar-refractivity contribution in [3.8, 4) is 17.1 Å². The third-order valence-corrected chi connectivity index (χ3v) is 4.95. The van der Waals surface area contributed by atoms with Gasteiger partial charge in [0.2, 0.25) is 5.82 Å². The Bertz CT molecular complexity index is 1260. The van der Waals surface area contributed by atoms with Crippen molar-refractivity contribution in [1.29, 1.82) is 0 Å². The Labute approximate surface area is 143 Å². The Balaban J connectivity index is 1.83. The predicted molar refractivity (Wildman–Crippen MR) is 94.6 cm³/mol. The van der Waals surface area contributed by atoms with Crippen LogP contribution in [0.25, 0.3) is 33.8 Å². The van der Waals surface area contributed by atoms with Gasteiger partial charge >= 0.3 is 0 Å². The minimum absolute atomic E-state index is 0.839. The molecule has 0 radical (unpaired) electrons. The number of hydrogen-bond donors (Lipinski definition) is 0. The Morgan fingerprint density at radius 2 is 1.88 bits per heavy atom. The van der Waals surface area contributed by atoms with Gasteiger partial charge in [-0.2, -0.15) is 0 Å². The van der Waals surface area contributed by atoms with Gasteiger partial charge in [-0.25, -0.2) is 9.13 Å². The molecule has 0 saturated carbocycles. The van der Waals surface area contributed by atoms with Crippen molar-refractivity contribution < 1.29 is 4.57 Å². The van der Waals surface area contributed by atoms with Crippen LogP contribution < -0.4 is 4.57 Å². The number of benzene rings is 1. The zero-order valence-corrected chi connectivity index (χ0v) is 13.4. The summed E-state index contributed by atoms with van der Waals surface area (Å²) in [4.78, 5) is 4.36. The maximum Gasteiger partial charge on any atom is 0.293 e. The zero-order valence-electron chi connectivity index (χ0n) is 13.4. The molecule has 0 N–H and O–H groups in total. The summed E-state index contributed by atoms with van der Waals surface area (Å²) in [5, 5.41) is 4.58. The summed E-state index contributed by atoms with van der Waals surface area (Å²) in [6.45, 7) is 0.839. The van der Waals surface area contributed by atoms with Crippen molar-refractivity contribution in [3.63, 3.8) is 0 Å². The van der Waals surface area contributed by atoms with E-state index < -0.39 is 0 Å². The van der Waals surface area contributed by atoms with Crippen molar-refractivity contribution in [2.24, 2.45) is 0 Å². The molecule has 0 aliphatic carbocycles. The number of imidazole rings is 1. The molecule has 25 heavy (non-hydrogen) atoms. The van der Waals surface area contributed by atoms with Crippen molar-refractivity contribution in [3.05, 3.63) is 78.8 Å². The Morgan fingerprint density at radius 1 is 0.960 bits per heavy atom. The molecule has 0 atom stereocenters. The van der Waals surface area contributed by atoms with Crippen LogP contribution in [-0.4, -0.2) is 19.2 Å². The molecular weight excluding hydrogens is 310 g/mol. The Morgan fingerprint density at radius 3 is 2.80 bits per heavy atom. The van der Waals surface area contributed by atoms with Crippen LogP contribution in [-0.2, 0) is 6.54 Å². The lowest BCUT2D eigenvalue weighted by Crippen LogP contribution is -2.32. The number of aromatic nitrogens is 5. The molecule has 5 nitrogen and oxygen atoms in total. The van der Waals surface area contributed by atoms with Crippen LogP contribution in [0.1, 0.15) is 5.56 Å². The van der Waals surface area contributed by atoms with E-state index in [2.05, 4.69) is 61.7 Å². The standard InChI is InChI=1S/C20H14N5/c1-2-5-15(6-3-1)24-18-11-16-7-4-9-22-25(16)20(18)23-13-14-8-10-21-12-17(14)19(23)24/h1-12H,13H2/q+1. The molecule has 0 spiro atoms. The van der Waals surface area contributed by atoms with E-state index in [0.29, 0.717) is 0 Å². The molecule has 5 aromatic rings. The normalized spacial score (nSPS) is 12.6. The highest BCUT2D eigenvalue weighted by atomic mass is 15.3. The first-order valence-corrected chi connectivity index (χ1v) is 8.31. The molecule has 4 aromatic heterocycles. The molecule has 5 heterocycles. The summed E-state index contributed by atoms with van der Waals surface area (Å²) in [5.41, 5.74) is 7.00. The molecule has 0 unspecified atom stereocenters. The number of rotatable bonds is 1. The van der Waals surface area contributed by atoms with Gasteiger partial charge in [-0.05, 0) is 30.3 Å². The molecule has 0 amide bonds. The first-order chi connectivity index (χ1) is 12.4. The fraction of sp³-hybridized carbons (Fsp3) is 0.0500. The van der Waals surface area contributed by atoms with Gasteiger partial charge < -0.3 is 0 Å². The summed E-state index contributed by atoms with van der Waals surface area (Å²) < 4.78 is 6.68. The molecule has 0 fully saturated rings. The van der Waals surface area contributed by atoms with E-state index in [-0.39, 0.29) is 0 Å². The van der Waals surface area contributed by atoms with Crippen molar-refractivity contribution >= 4 is 16.7 Å². The lowest BCUT2D eigenvalue weighted by molar-refractivity contribution is -0.648. The number of nitrogens with zero attached hydrogens (tertiary/aromatic N) is 5. The molecule has 1 aromatic carbocycles. The number of para-hydroxylation sites is 1. The molecule has 5 heteroatoms. The summed E-state index contributed by atoms with van der Waals surface area (Å²) in [6, 6.07) is 18.9. The minimum Gasteiger partial charge on any atom is -0.264 e. The summed E-state index contributed by atoms with van der Waals surface area (Å²) in [6.07, 6.45) is 5.67. The fourth-order valence-electron chi connectivity index (χ4n) is 3.92. The van der Waals surface area contributed by atoms with Crippen molar-refractivity contribution in [2.45, 2.75) is 6.54 Å². The summed E-state index contributed by atoms with van der Waals surface area (Å²) in [5.74, 6) is 1.17. The van der Waals surface area contributed by atoms with Crippen LogP contribution in [0.5, 0.6) is 0 Å². The number of pyridine rings is 1. The lowest BCUT2D eigenvalue weighted by atomic mass is 10.1. The maximum atomic E-state index is 4.58. The van der Waals surface area contributed by atoms with Crippen LogP contribution >= 0.6 is 0 Å². The van der Waals surface area contributed by atoms with E-state index in [9.17, 15) is 0 Å². The zero-order chi connectivity index (χ0) is 16.4. The molecule has 6 rings (SSSR count). The van der Waals surface area contributed by atoms with E-state index in [1.54, 1.807) is 0 Å². The average Bonchev–Trinajstić information content (AvgIpc) is 3.29. The highest BCUT2D eigenvalue weighted by Gasteiger charge is 2.35. The largest absolute Gasteiger partial charge is 0.293 e. The van der Waals surface area contributed by atoms with Crippen molar-refractivity contribution in [1.82, 2.24) is 19.2 Å². The van der Waals surface area contributed by atoms with E-state index >= 15 is 0 Å². The summed E-state index contributed by atoms with van der Waals surface area (Å²) >= 11 is 0. The highest BCUT2D eigenvalue weighted by Crippen LogP contribution is 2.34. The Kier molecular flexibility index (Phi) is 2.34. The van der Waals surface area contributed by atoms with E-state index in [0.717, 1.165) is 28.9 Å².